The predicted molar refractivity (Wildman–Crippen MR) is 39.2 cm³/mol. The molecule has 1 fully saturated rings. The summed E-state index contributed by atoms with van der Waals surface area (Å²) in [4.78, 5) is 12.5. The highest BCUT2D eigenvalue weighted by Crippen LogP contribution is 2.10. The highest BCUT2D eigenvalue weighted by atomic mass is 16.6. The molecule has 0 spiro atoms. The highest BCUT2D eigenvalue weighted by Gasteiger charge is 2.29. The molecule has 4 nitrogen and oxygen atoms in total. The van der Waals surface area contributed by atoms with Crippen LogP contribution in [-0.4, -0.2) is 41.9 Å². The smallest absolute Gasteiger partial charge is 0.410 e. The molecule has 4 heteroatoms. The SMILES string of the molecule is CCCN1CC(CO)OC1=O. The molecule has 0 bridgehead atoms. The number of amides is 1. The Morgan fingerprint density at radius 3 is 3.00 bits per heavy atom. The van der Waals surface area contributed by atoms with Gasteiger partial charge in [-0.05, 0) is 6.42 Å². The van der Waals surface area contributed by atoms with Crippen molar-refractivity contribution in [2.45, 2.75) is 19.4 Å². The molecule has 0 aromatic heterocycles. The maximum atomic E-state index is 10.9. The Morgan fingerprint density at radius 2 is 2.55 bits per heavy atom. The summed E-state index contributed by atoms with van der Waals surface area (Å²) in [6.07, 6.45) is 0.313. The van der Waals surface area contributed by atoms with Gasteiger partial charge in [-0.2, -0.15) is 0 Å². The van der Waals surface area contributed by atoms with Gasteiger partial charge in [0.2, 0.25) is 0 Å². The van der Waals surface area contributed by atoms with E-state index in [1.165, 1.54) is 0 Å². The number of cyclic esters (lactones) is 1. The second kappa shape index (κ2) is 3.57. The van der Waals surface area contributed by atoms with Crippen molar-refractivity contribution < 1.29 is 14.6 Å². The molecular formula is C7H13NO3. The van der Waals surface area contributed by atoms with Gasteiger partial charge >= 0.3 is 6.09 Å². The third-order valence-electron chi connectivity index (χ3n) is 1.65. The lowest BCUT2D eigenvalue weighted by atomic mass is 10.3. The van der Waals surface area contributed by atoms with Crippen LogP contribution < -0.4 is 0 Å². The van der Waals surface area contributed by atoms with Crippen molar-refractivity contribution in [1.82, 2.24) is 4.90 Å². The molecule has 1 saturated heterocycles. The summed E-state index contributed by atoms with van der Waals surface area (Å²) < 4.78 is 4.81. The monoisotopic (exact) mass is 159 g/mol. The van der Waals surface area contributed by atoms with Crippen molar-refractivity contribution >= 4 is 6.09 Å². The number of ether oxygens (including phenoxy) is 1. The van der Waals surface area contributed by atoms with Crippen molar-refractivity contribution in [3.63, 3.8) is 0 Å². The summed E-state index contributed by atoms with van der Waals surface area (Å²) in [6, 6.07) is 0. The van der Waals surface area contributed by atoms with Crippen LogP contribution in [0.2, 0.25) is 0 Å². The lowest BCUT2D eigenvalue weighted by Crippen LogP contribution is -2.26. The Hall–Kier alpha value is -0.770. The molecule has 1 N–H and O–H groups in total. The van der Waals surface area contributed by atoms with Gasteiger partial charge in [-0.25, -0.2) is 4.79 Å². The first-order valence-electron chi connectivity index (χ1n) is 3.84. The molecule has 1 aliphatic heterocycles. The van der Waals surface area contributed by atoms with Crippen molar-refractivity contribution in [2.75, 3.05) is 19.7 Å². The molecule has 11 heavy (non-hydrogen) atoms. The van der Waals surface area contributed by atoms with E-state index >= 15 is 0 Å². The number of rotatable bonds is 3. The Kier molecular flexibility index (Phi) is 2.70. The first kappa shape index (κ1) is 8.33. The fraction of sp³-hybridized carbons (Fsp3) is 0.857. The Morgan fingerprint density at radius 1 is 1.82 bits per heavy atom. The molecule has 0 aromatic rings. The lowest BCUT2D eigenvalue weighted by molar-refractivity contribution is 0.0948. The fourth-order valence-corrected chi connectivity index (χ4v) is 1.12. The summed E-state index contributed by atoms with van der Waals surface area (Å²) >= 11 is 0. The topological polar surface area (TPSA) is 49.8 Å². The molecule has 0 aromatic carbocycles. The zero-order chi connectivity index (χ0) is 8.27. The summed E-state index contributed by atoms with van der Waals surface area (Å²) in [5.74, 6) is 0. The first-order valence-corrected chi connectivity index (χ1v) is 3.84. The average molecular weight is 159 g/mol. The lowest BCUT2D eigenvalue weighted by Gasteiger charge is -2.09. The average Bonchev–Trinajstić information content (AvgIpc) is 2.33. The van der Waals surface area contributed by atoms with Crippen molar-refractivity contribution in [2.24, 2.45) is 0 Å². The van der Waals surface area contributed by atoms with E-state index in [4.69, 9.17) is 9.84 Å². The summed E-state index contributed by atoms with van der Waals surface area (Å²) in [7, 11) is 0. The summed E-state index contributed by atoms with van der Waals surface area (Å²) in [5, 5.41) is 8.67. The van der Waals surface area contributed by atoms with E-state index in [2.05, 4.69) is 0 Å². The number of hydrogen-bond acceptors (Lipinski definition) is 3. The number of carbonyl (C=O) groups is 1. The van der Waals surface area contributed by atoms with E-state index in [9.17, 15) is 4.79 Å². The molecule has 0 saturated carbocycles. The molecule has 0 radical (unpaired) electrons. The normalized spacial score (nSPS) is 24.0. The van der Waals surface area contributed by atoms with E-state index in [-0.39, 0.29) is 18.8 Å². The van der Waals surface area contributed by atoms with Crippen molar-refractivity contribution in [3.8, 4) is 0 Å². The molecule has 1 aliphatic rings. The number of carbonyl (C=O) groups excluding carboxylic acids is 1. The summed E-state index contributed by atoms with van der Waals surface area (Å²) in [6.45, 7) is 3.17. The quantitative estimate of drug-likeness (QED) is 0.640. The second-order valence-corrected chi connectivity index (χ2v) is 2.63. The van der Waals surface area contributed by atoms with Gasteiger partial charge < -0.3 is 14.7 Å². The van der Waals surface area contributed by atoms with Crippen molar-refractivity contribution in [1.29, 1.82) is 0 Å². The molecular weight excluding hydrogens is 146 g/mol. The molecule has 0 aliphatic carbocycles. The van der Waals surface area contributed by atoms with Crippen molar-refractivity contribution in [3.05, 3.63) is 0 Å². The van der Waals surface area contributed by atoms with Gasteiger partial charge in [-0.3, -0.25) is 0 Å². The van der Waals surface area contributed by atoms with Gasteiger partial charge in [-0.1, -0.05) is 6.92 Å². The zero-order valence-corrected chi connectivity index (χ0v) is 6.62. The van der Waals surface area contributed by atoms with Crippen LogP contribution in [0.3, 0.4) is 0 Å². The Labute approximate surface area is 65.8 Å². The van der Waals surface area contributed by atoms with Gasteiger partial charge in [0.25, 0.3) is 0 Å². The van der Waals surface area contributed by atoms with Gasteiger partial charge in [0.1, 0.15) is 6.10 Å². The number of aliphatic hydroxyl groups is 1. The second-order valence-electron chi connectivity index (χ2n) is 2.63. The third kappa shape index (κ3) is 1.83. The molecule has 1 rings (SSSR count). The van der Waals surface area contributed by atoms with Gasteiger partial charge in [-0.15, -0.1) is 0 Å². The van der Waals surface area contributed by atoms with Crippen LogP contribution in [0.5, 0.6) is 0 Å². The minimum Gasteiger partial charge on any atom is -0.442 e. The molecule has 1 amide bonds. The third-order valence-corrected chi connectivity index (χ3v) is 1.65. The molecule has 1 unspecified atom stereocenters. The van der Waals surface area contributed by atoms with Crippen LogP contribution in [0.15, 0.2) is 0 Å². The minimum atomic E-state index is -0.311. The zero-order valence-electron chi connectivity index (χ0n) is 6.62. The fourth-order valence-electron chi connectivity index (χ4n) is 1.12. The highest BCUT2D eigenvalue weighted by molar-refractivity contribution is 5.69. The first-order chi connectivity index (χ1) is 5.27. The van der Waals surface area contributed by atoms with E-state index in [1.807, 2.05) is 6.92 Å². The van der Waals surface area contributed by atoms with Crippen LogP contribution in [0.4, 0.5) is 4.79 Å². The maximum Gasteiger partial charge on any atom is 0.410 e. The maximum absolute atomic E-state index is 10.9. The number of aliphatic hydroxyl groups excluding tert-OH is 1. The van der Waals surface area contributed by atoms with Crippen LogP contribution >= 0.6 is 0 Å². The molecule has 1 atom stereocenters. The van der Waals surface area contributed by atoms with Crippen LogP contribution in [-0.2, 0) is 4.74 Å². The largest absolute Gasteiger partial charge is 0.442 e. The van der Waals surface area contributed by atoms with E-state index in [0.29, 0.717) is 6.54 Å². The van der Waals surface area contributed by atoms with Gasteiger partial charge in [0.15, 0.2) is 0 Å². The van der Waals surface area contributed by atoms with Gasteiger partial charge in [0, 0.05) is 6.54 Å². The van der Waals surface area contributed by atoms with Crippen LogP contribution in [0.1, 0.15) is 13.3 Å². The van der Waals surface area contributed by atoms with E-state index < -0.39 is 0 Å². The number of nitrogens with zero attached hydrogens (tertiary/aromatic N) is 1. The molecule has 64 valence electrons. The standard InChI is InChI=1S/C7H13NO3/c1-2-3-8-4-6(5-9)11-7(8)10/h6,9H,2-5H2,1H3. The molecule has 1 heterocycles. The number of hydrogen-bond donors (Lipinski definition) is 1. The van der Waals surface area contributed by atoms with Gasteiger partial charge in [0.05, 0.1) is 13.2 Å². The van der Waals surface area contributed by atoms with E-state index in [0.717, 1.165) is 13.0 Å². The van der Waals surface area contributed by atoms with Crippen LogP contribution in [0, 0.1) is 0 Å². The predicted octanol–water partition coefficient (Wildman–Crippen LogP) is 0.210. The van der Waals surface area contributed by atoms with Crippen LogP contribution in [0.25, 0.3) is 0 Å². The Bertz CT molecular complexity index is 149. The Balaban J connectivity index is 2.38. The minimum absolute atomic E-state index is 0.0774. The van der Waals surface area contributed by atoms with E-state index in [1.54, 1.807) is 4.90 Å². The summed E-state index contributed by atoms with van der Waals surface area (Å²) in [5.41, 5.74) is 0.